The van der Waals surface area contributed by atoms with Crippen LogP contribution in [0.25, 0.3) is 0 Å². The molecule has 15 aliphatic heterocycles. The molecular formula is C118H244N16O6. The summed E-state index contributed by atoms with van der Waals surface area (Å²) in [6, 6.07) is 11.3. The highest BCUT2D eigenvalue weighted by atomic mass is 16.5. The van der Waals surface area contributed by atoms with Crippen LogP contribution in [0.2, 0.25) is 0 Å². The van der Waals surface area contributed by atoms with Gasteiger partial charge in [0.2, 0.25) is 0 Å². The molecule has 22 heteroatoms. The molecule has 0 aliphatic carbocycles. The number of hydrogen-bond acceptors (Lipinski definition) is 22. The Hall–Kier alpha value is -0.880. The van der Waals surface area contributed by atoms with Crippen LogP contribution < -0.4 is 28.7 Å². The Labute approximate surface area is 869 Å². The molecule has 15 fully saturated rings. The van der Waals surface area contributed by atoms with Crippen LogP contribution in [0.4, 0.5) is 0 Å². The van der Waals surface area contributed by atoms with Crippen molar-refractivity contribution >= 4 is 0 Å². The van der Waals surface area contributed by atoms with E-state index in [-0.39, 0.29) is 0 Å². The van der Waals surface area contributed by atoms with Crippen LogP contribution in [0.5, 0.6) is 0 Å². The Morgan fingerprint density at radius 2 is 0.386 bits per heavy atom. The second-order valence-corrected chi connectivity index (χ2v) is 49.5. The fraction of sp³-hybridized carbons (Fsp3) is 1.00. The van der Waals surface area contributed by atoms with Gasteiger partial charge in [0.25, 0.3) is 0 Å². The molecule has 22 atom stereocenters. The molecule has 15 heterocycles. The van der Waals surface area contributed by atoms with Crippen molar-refractivity contribution in [1.82, 2.24) is 53.9 Å². The van der Waals surface area contributed by atoms with Crippen molar-refractivity contribution in [2.45, 2.75) is 458 Å². The molecule has 0 aromatic rings. The van der Waals surface area contributed by atoms with Crippen molar-refractivity contribution in [2.24, 2.45) is 105 Å². The van der Waals surface area contributed by atoms with Gasteiger partial charge in [0.05, 0.1) is 90.2 Å². The lowest BCUT2D eigenvalue weighted by molar-refractivity contribution is -0.0926. The molecule has 0 amide bonds. The van der Waals surface area contributed by atoms with E-state index in [9.17, 15) is 0 Å². The Morgan fingerprint density at radius 3 is 0.557 bits per heavy atom. The maximum absolute atomic E-state index is 5.58. The number of hydrogen-bond donors (Lipinski definition) is 5. The van der Waals surface area contributed by atoms with Gasteiger partial charge in [0, 0.05) is 92.8 Å². The smallest absolute Gasteiger partial charge is 0.0645 e. The van der Waals surface area contributed by atoms with Gasteiger partial charge in [-0.15, -0.1) is 0 Å². The van der Waals surface area contributed by atoms with Crippen LogP contribution in [0.15, 0.2) is 0 Å². The first-order valence-corrected chi connectivity index (χ1v) is 60.0. The molecule has 0 aromatic carbocycles. The van der Waals surface area contributed by atoms with Gasteiger partial charge in [-0.2, -0.15) is 0 Å². The summed E-state index contributed by atoms with van der Waals surface area (Å²) in [6.45, 7) is 103. The summed E-state index contributed by atoms with van der Waals surface area (Å²) in [5.41, 5.74) is 28.5. The summed E-state index contributed by atoms with van der Waals surface area (Å²) in [5, 5.41) is 0. The molecule has 0 spiro atoms. The molecule has 15 saturated heterocycles. The van der Waals surface area contributed by atoms with E-state index in [2.05, 4.69) is 248 Å². The number of likely N-dealkylation sites (tertiary alicyclic amines) is 11. The molecule has 10 N–H and O–H groups in total. The Balaban J connectivity index is 0.000000272. The van der Waals surface area contributed by atoms with E-state index >= 15 is 0 Å². The largest absolute Gasteiger partial charge is 0.380 e. The first kappa shape index (κ1) is 130. The number of nitrogens with two attached hydrogens (primary N) is 5. The summed E-state index contributed by atoms with van der Waals surface area (Å²) >= 11 is 0. The molecule has 0 bridgehead atoms. The monoisotopic (exact) mass is 1980 g/mol. The third-order valence-corrected chi connectivity index (χ3v) is 37.7. The first-order valence-electron chi connectivity index (χ1n) is 60.0. The number of rotatable bonds is 27. The van der Waals surface area contributed by atoms with E-state index in [0.717, 1.165) is 307 Å². The fourth-order valence-electron chi connectivity index (χ4n) is 25.4. The van der Waals surface area contributed by atoms with Gasteiger partial charge in [-0.05, 0) is 477 Å². The highest BCUT2D eigenvalue weighted by Crippen LogP contribution is 2.41. The Bertz CT molecular complexity index is 2700. The number of ether oxygens (including phenoxy) is 6. The van der Waals surface area contributed by atoms with Crippen molar-refractivity contribution in [3.05, 3.63) is 0 Å². The predicted octanol–water partition coefficient (Wildman–Crippen LogP) is 19.6. The van der Waals surface area contributed by atoms with Crippen molar-refractivity contribution in [2.75, 3.05) is 230 Å². The zero-order valence-electron chi connectivity index (χ0n) is 98.1. The summed E-state index contributed by atoms with van der Waals surface area (Å²) < 4.78 is 31.8. The van der Waals surface area contributed by atoms with Gasteiger partial charge in [-0.25, -0.2) is 0 Å². The average Bonchev–Trinajstić information content (AvgIpc) is 0.827. The molecule has 832 valence electrons. The minimum atomic E-state index is 0.434. The topological polar surface area (TPSA) is 221 Å². The normalized spacial score (nSPS) is 33.8. The minimum Gasteiger partial charge on any atom is -0.380 e. The average molecular weight is 1980 g/mol. The zero-order chi connectivity index (χ0) is 103. The van der Waals surface area contributed by atoms with Crippen molar-refractivity contribution < 1.29 is 28.4 Å². The van der Waals surface area contributed by atoms with Crippen molar-refractivity contribution in [3.8, 4) is 0 Å². The van der Waals surface area contributed by atoms with Gasteiger partial charge < -0.3 is 81.6 Å². The van der Waals surface area contributed by atoms with Crippen LogP contribution in [0.1, 0.15) is 367 Å². The van der Waals surface area contributed by atoms with Gasteiger partial charge in [-0.1, -0.05) is 104 Å². The standard InChI is InChI=1S/C14H29NO.C13H28N2.C11H23NO.4C10H22N2.4C10H19NO/c1-6-16-11-10-15-9-7-8-13(12(15)2)14(3,4)5;1-11-12(13(2,3)4)7-5-9-15(11)10-6-8-14;1-4-13-9-8-12-7-5-6-10(2)11(12)3;4*1-9-5-3-7-12(10(9)2)8-4-6-11;4*1-8-4-3-5-11(9(8)2)10-6-12-7-10/h12-13H,6-11H2,1-5H3;11-12H,5-10,14H2,1-4H3;10-11H,4-9H2,1-3H3;4*9-10H,3-8,11H2,1-2H3;4*8-10H,3-7H2,1-2H3/t;;10-,11-;2*9-,10+;2*9-,10-;2*8-,9+;2*8-,9-/m..110101010/s1. The van der Waals surface area contributed by atoms with E-state index in [4.69, 9.17) is 57.1 Å². The van der Waals surface area contributed by atoms with Crippen LogP contribution in [0.3, 0.4) is 0 Å². The summed E-state index contributed by atoms with van der Waals surface area (Å²) in [7, 11) is 0. The van der Waals surface area contributed by atoms with E-state index in [1.807, 2.05) is 0 Å². The van der Waals surface area contributed by atoms with Crippen LogP contribution >= 0.6 is 0 Å². The Morgan fingerprint density at radius 1 is 0.221 bits per heavy atom. The van der Waals surface area contributed by atoms with Gasteiger partial charge in [0.15, 0.2) is 0 Å². The minimum absolute atomic E-state index is 0.434. The summed E-state index contributed by atoms with van der Waals surface area (Å²) in [6.07, 6.45) is 36.2. The second-order valence-electron chi connectivity index (χ2n) is 49.5. The second kappa shape index (κ2) is 71.8. The fourth-order valence-corrected chi connectivity index (χ4v) is 25.4. The lowest BCUT2D eigenvalue weighted by Crippen LogP contribution is -2.56. The molecule has 0 saturated carbocycles. The first-order chi connectivity index (χ1) is 66.8. The van der Waals surface area contributed by atoms with Crippen LogP contribution in [-0.2, 0) is 28.4 Å². The molecule has 4 unspecified atom stereocenters. The molecule has 15 aliphatic rings. The maximum Gasteiger partial charge on any atom is 0.0645 e. The zero-order valence-corrected chi connectivity index (χ0v) is 98.1. The molecular weight excluding hydrogens is 1740 g/mol. The predicted molar refractivity (Wildman–Crippen MR) is 602 cm³/mol. The molecule has 140 heavy (non-hydrogen) atoms. The summed E-state index contributed by atoms with van der Waals surface area (Å²) in [4.78, 5) is 28.7. The van der Waals surface area contributed by atoms with Crippen LogP contribution in [-0.4, -0.2) is 374 Å². The van der Waals surface area contributed by atoms with Crippen molar-refractivity contribution in [3.63, 3.8) is 0 Å². The lowest BCUT2D eigenvalue weighted by Gasteiger charge is -2.46. The van der Waals surface area contributed by atoms with Gasteiger partial charge >= 0.3 is 0 Å². The molecule has 15 rings (SSSR count). The highest BCUT2D eigenvalue weighted by Gasteiger charge is 2.42. The highest BCUT2D eigenvalue weighted by molar-refractivity contribution is 4.95. The van der Waals surface area contributed by atoms with Crippen molar-refractivity contribution in [1.29, 1.82) is 0 Å². The quantitative estimate of drug-likeness (QED) is 0.0483. The Kier molecular flexibility index (Phi) is 66.5. The molecule has 0 radical (unpaired) electrons. The third-order valence-electron chi connectivity index (χ3n) is 37.7. The number of piperidine rings is 11. The molecule has 0 aromatic heterocycles. The van der Waals surface area contributed by atoms with E-state index in [1.165, 1.54) is 246 Å². The lowest BCUT2D eigenvalue weighted by atomic mass is 9.72. The van der Waals surface area contributed by atoms with E-state index in [0.29, 0.717) is 16.9 Å². The van der Waals surface area contributed by atoms with E-state index in [1.54, 1.807) is 0 Å². The molecule has 22 nitrogen and oxygen atoms in total. The van der Waals surface area contributed by atoms with E-state index < -0.39 is 0 Å². The van der Waals surface area contributed by atoms with Gasteiger partial charge in [-0.3, -0.25) is 29.4 Å². The SMILES string of the molecule is CC1C(C(C)(C)C)CCCN1CCCN.CCOCCN1CCCC(C(C)(C)C)C1C.CCOCCN1CCC[C@@H](C)[C@H]1C.C[C@@H]1CCCN(C2COC2)[C@@H]1C.C[C@@H]1CCCN(C2COC2)[C@H]1C.C[C@@H]1CCCN(CCCN)[C@@H]1C.C[C@@H]1CCCN(CCCN)[C@H]1C.C[C@@H]1[C@@H](C)CCCN1C1COC1.C[C@@H]1[C@@H](C)CCCN1CCCN.C[C@H]1CCCN(C2COC2)[C@H]1C.C[C@H]1CCCN(CCCN)[C@H]1C. The maximum atomic E-state index is 5.58. The van der Waals surface area contributed by atoms with Gasteiger partial charge in [0.1, 0.15) is 0 Å². The number of nitrogens with zero attached hydrogens (tertiary/aromatic N) is 11. The van der Waals surface area contributed by atoms with Crippen LogP contribution in [0, 0.1) is 75.9 Å². The summed E-state index contributed by atoms with van der Waals surface area (Å²) in [5.74, 6) is 9.50. The third kappa shape index (κ3) is 46.0.